The van der Waals surface area contributed by atoms with Gasteiger partial charge in [0.2, 0.25) is 5.91 Å². The van der Waals surface area contributed by atoms with Crippen molar-refractivity contribution in [2.75, 3.05) is 38.2 Å². The Morgan fingerprint density at radius 2 is 1.55 bits per heavy atom. The zero-order valence-corrected chi connectivity index (χ0v) is 23.6. The second-order valence-electron chi connectivity index (χ2n) is 9.81. The fraction of sp³-hybridized carbons (Fsp3) is 0.345. The van der Waals surface area contributed by atoms with Crippen LogP contribution in [-0.4, -0.2) is 48.2 Å². The molecule has 0 atom stereocenters. The molecule has 38 heavy (non-hydrogen) atoms. The van der Waals surface area contributed by atoms with Crippen LogP contribution in [0.15, 0.2) is 71.6 Å². The normalized spacial score (nSPS) is 11.5. The molecular formula is C29H36N2O6S. The fourth-order valence-electron chi connectivity index (χ4n) is 3.88. The molecule has 0 fully saturated rings. The van der Waals surface area contributed by atoms with Crippen molar-refractivity contribution in [3.63, 3.8) is 0 Å². The van der Waals surface area contributed by atoms with Gasteiger partial charge in [-0.25, -0.2) is 8.42 Å². The highest BCUT2D eigenvalue weighted by Gasteiger charge is 2.28. The minimum atomic E-state index is -4.06. The molecule has 204 valence electrons. The molecule has 0 aliphatic heterocycles. The number of para-hydroxylation sites is 1. The van der Waals surface area contributed by atoms with Crippen molar-refractivity contribution < 1.29 is 27.4 Å². The minimum absolute atomic E-state index is 0.0767. The number of nitrogens with zero attached hydrogens (tertiary/aromatic N) is 1. The molecule has 1 amide bonds. The summed E-state index contributed by atoms with van der Waals surface area (Å²) in [5.74, 6) is 1.08. The van der Waals surface area contributed by atoms with Gasteiger partial charge in [-0.05, 0) is 48.2 Å². The van der Waals surface area contributed by atoms with Crippen molar-refractivity contribution in [2.24, 2.45) is 0 Å². The molecule has 0 heterocycles. The first-order valence-electron chi connectivity index (χ1n) is 12.3. The second-order valence-corrected chi connectivity index (χ2v) is 11.7. The SMILES string of the molecule is COc1ccc(N(CC(=O)NCCOc2ccccc2C(C)(C)C)S(=O)(=O)c2ccc(C)cc2)cc1OC. The summed E-state index contributed by atoms with van der Waals surface area (Å²) in [6, 6.07) is 19.0. The van der Waals surface area contributed by atoms with Gasteiger partial charge in [0.1, 0.15) is 18.9 Å². The van der Waals surface area contributed by atoms with E-state index in [4.69, 9.17) is 14.2 Å². The van der Waals surface area contributed by atoms with E-state index in [1.807, 2.05) is 31.2 Å². The average Bonchev–Trinajstić information content (AvgIpc) is 2.89. The molecule has 0 aromatic heterocycles. The van der Waals surface area contributed by atoms with Crippen LogP contribution in [0, 0.1) is 6.92 Å². The Bertz CT molecular complexity index is 1350. The summed E-state index contributed by atoms with van der Waals surface area (Å²) in [4.78, 5) is 13.0. The highest BCUT2D eigenvalue weighted by molar-refractivity contribution is 7.92. The van der Waals surface area contributed by atoms with Crippen LogP contribution in [-0.2, 0) is 20.2 Å². The number of carbonyl (C=O) groups excluding carboxylic acids is 1. The number of rotatable bonds is 11. The summed E-state index contributed by atoms with van der Waals surface area (Å²) in [6.07, 6.45) is 0. The Balaban J connectivity index is 1.78. The first-order chi connectivity index (χ1) is 18.0. The summed E-state index contributed by atoms with van der Waals surface area (Å²) in [5.41, 5.74) is 2.17. The van der Waals surface area contributed by atoms with E-state index >= 15 is 0 Å². The van der Waals surface area contributed by atoms with Gasteiger partial charge in [0.25, 0.3) is 10.0 Å². The molecule has 0 bridgehead atoms. The van der Waals surface area contributed by atoms with Gasteiger partial charge < -0.3 is 19.5 Å². The predicted octanol–water partition coefficient (Wildman–Crippen LogP) is 4.70. The van der Waals surface area contributed by atoms with Crippen LogP contribution in [0.2, 0.25) is 0 Å². The Labute approximate surface area is 225 Å². The summed E-state index contributed by atoms with van der Waals surface area (Å²) >= 11 is 0. The Kier molecular flexibility index (Phi) is 9.27. The lowest BCUT2D eigenvalue weighted by atomic mass is 9.86. The number of nitrogens with one attached hydrogen (secondary N) is 1. The van der Waals surface area contributed by atoms with Crippen LogP contribution >= 0.6 is 0 Å². The zero-order valence-electron chi connectivity index (χ0n) is 22.8. The molecule has 3 rings (SSSR count). The van der Waals surface area contributed by atoms with Crippen molar-refractivity contribution in [2.45, 2.75) is 38.0 Å². The lowest BCUT2D eigenvalue weighted by Crippen LogP contribution is -2.42. The molecule has 9 heteroatoms. The number of sulfonamides is 1. The van der Waals surface area contributed by atoms with E-state index in [0.29, 0.717) is 11.5 Å². The van der Waals surface area contributed by atoms with Crippen LogP contribution in [0.4, 0.5) is 5.69 Å². The van der Waals surface area contributed by atoms with Gasteiger partial charge in [0.05, 0.1) is 31.3 Å². The summed E-state index contributed by atoms with van der Waals surface area (Å²) in [5, 5.41) is 2.77. The lowest BCUT2D eigenvalue weighted by molar-refractivity contribution is -0.119. The van der Waals surface area contributed by atoms with E-state index in [1.165, 1.54) is 32.4 Å². The Morgan fingerprint density at radius 1 is 0.895 bits per heavy atom. The molecule has 0 saturated heterocycles. The maximum Gasteiger partial charge on any atom is 0.264 e. The van der Waals surface area contributed by atoms with E-state index in [2.05, 4.69) is 26.1 Å². The van der Waals surface area contributed by atoms with E-state index < -0.39 is 22.5 Å². The van der Waals surface area contributed by atoms with E-state index in [0.717, 1.165) is 21.2 Å². The third kappa shape index (κ3) is 6.98. The Hall–Kier alpha value is -3.72. The minimum Gasteiger partial charge on any atom is -0.493 e. The van der Waals surface area contributed by atoms with Crippen LogP contribution in [0.3, 0.4) is 0 Å². The fourth-order valence-corrected chi connectivity index (χ4v) is 5.30. The molecule has 0 aliphatic rings. The highest BCUT2D eigenvalue weighted by atomic mass is 32.2. The molecule has 8 nitrogen and oxygen atoms in total. The number of benzene rings is 3. The molecule has 0 radical (unpaired) electrons. The third-order valence-electron chi connectivity index (χ3n) is 5.93. The molecule has 0 saturated carbocycles. The van der Waals surface area contributed by atoms with Crippen molar-refractivity contribution in [3.05, 3.63) is 77.9 Å². The van der Waals surface area contributed by atoms with E-state index in [1.54, 1.807) is 24.3 Å². The smallest absolute Gasteiger partial charge is 0.264 e. The summed E-state index contributed by atoms with van der Waals surface area (Å²) < 4.78 is 44.9. The van der Waals surface area contributed by atoms with Gasteiger partial charge in [-0.1, -0.05) is 56.7 Å². The number of methoxy groups -OCH3 is 2. The number of carbonyl (C=O) groups is 1. The maximum absolute atomic E-state index is 13.6. The second kappa shape index (κ2) is 12.2. The van der Waals surface area contributed by atoms with Gasteiger partial charge in [0.15, 0.2) is 11.5 Å². The third-order valence-corrected chi connectivity index (χ3v) is 7.72. The predicted molar refractivity (Wildman–Crippen MR) is 149 cm³/mol. The first kappa shape index (κ1) is 28.8. The average molecular weight is 541 g/mol. The summed E-state index contributed by atoms with van der Waals surface area (Å²) in [6.45, 7) is 8.21. The molecule has 1 N–H and O–H groups in total. The molecular weight excluding hydrogens is 504 g/mol. The van der Waals surface area contributed by atoms with Crippen molar-refractivity contribution in [1.29, 1.82) is 0 Å². The van der Waals surface area contributed by atoms with Gasteiger partial charge in [-0.15, -0.1) is 0 Å². The molecule has 3 aromatic carbocycles. The maximum atomic E-state index is 13.6. The summed E-state index contributed by atoms with van der Waals surface area (Å²) in [7, 11) is -1.10. The molecule has 0 spiro atoms. The molecule has 3 aromatic rings. The van der Waals surface area contributed by atoms with Crippen molar-refractivity contribution in [1.82, 2.24) is 5.32 Å². The molecule has 0 aliphatic carbocycles. The quantitative estimate of drug-likeness (QED) is 0.355. The van der Waals surface area contributed by atoms with Gasteiger partial charge in [0, 0.05) is 6.07 Å². The number of anilines is 1. The Morgan fingerprint density at radius 3 is 2.18 bits per heavy atom. The number of hydrogen-bond acceptors (Lipinski definition) is 6. The lowest BCUT2D eigenvalue weighted by Gasteiger charge is -2.25. The topological polar surface area (TPSA) is 94.2 Å². The van der Waals surface area contributed by atoms with E-state index in [9.17, 15) is 13.2 Å². The monoisotopic (exact) mass is 540 g/mol. The van der Waals surface area contributed by atoms with Crippen molar-refractivity contribution in [3.8, 4) is 17.2 Å². The number of hydrogen-bond donors (Lipinski definition) is 1. The van der Waals surface area contributed by atoms with Gasteiger partial charge in [-0.3, -0.25) is 9.10 Å². The highest BCUT2D eigenvalue weighted by Crippen LogP contribution is 2.34. The van der Waals surface area contributed by atoms with E-state index in [-0.39, 0.29) is 29.1 Å². The molecule has 0 unspecified atom stereocenters. The largest absolute Gasteiger partial charge is 0.493 e. The van der Waals surface area contributed by atoms with Crippen LogP contribution in [0.5, 0.6) is 17.2 Å². The van der Waals surface area contributed by atoms with Gasteiger partial charge in [-0.2, -0.15) is 0 Å². The van der Waals surface area contributed by atoms with Crippen molar-refractivity contribution >= 4 is 21.6 Å². The zero-order chi connectivity index (χ0) is 27.9. The van der Waals surface area contributed by atoms with Crippen LogP contribution < -0.4 is 23.8 Å². The number of amides is 1. The first-order valence-corrected chi connectivity index (χ1v) is 13.7. The van der Waals surface area contributed by atoms with Gasteiger partial charge >= 0.3 is 0 Å². The number of aryl methyl sites for hydroxylation is 1. The number of ether oxygens (including phenoxy) is 3. The van der Waals surface area contributed by atoms with Crippen LogP contribution in [0.25, 0.3) is 0 Å². The van der Waals surface area contributed by atoms with Crippen LogP contribution in [0.1, 0.15) is 31.9 Å². The standard InChI is InChI=1S/C29H36N2O6S/c1-21-11-14-23(15-12-21)38(33,34)31(22-13-16-26(35-5)27(19-22)36-6)20-28(32)30-17-18-37-25-10-8-7-9-24(25)29(2,3)4/h7-16,19H,17-18,20H2,1-6H3,(H,30,32).